The first kappa shape index (κ1) is 22.8. The van der Waals surface area contributed by atoms with Crippen LogP contribution in [-0.2, 0) is 25.5 Å². The van der Waals surface area contributed by atoms with Crippen molar-refractivity contribution >= 4 is 40.7 Å². The van der Waals surface area contributed by atoms with E-state index in [9.17, 15) is 14.4 Å². The van der Waals surface area contributed by atoms with E-state index in [4.69, 9.17) is 16.3 Å². The van der Waals surface area contributed by atoms with Crippen LogP contribution in [0.25, 0.3) is 0 Å². The molecule has 1 atom stereocenters. The first-order chi connectivity index (χ1) is 15.5. The van der Waals surface area contributed by atoms with Crippen LogP contribution in [-0.4, -0.2) is 53.3 Å². The fourth-order valence-electron chi connectivity index (χ4n) is 4.22. The summed E-state index contributed by atoms with van der Waals surface area (Å²) in [6, 6.07) is 9.59. The Morgan fingerprint density at radius 1 is 1.16 bits per heavy atom. The molecule has 8 heteroatoms. The number of hydrogen-bond donors (Lipinski definition) is 0. The van der Waals surface area contributed by atoms with Gasteiger partial charge in [0, 0.05) is 28.9 Å². The van der Waals surface area contributed by atoms with Gasteiger partial charge in [0.05, 0.1) is 19.1 Å². The van der Waals surface area contributed by atoms with Gasteiger partial charge in [0.15, 0.2) is 0 Å². The normalized spacial score (nSPS) is 17.6. The van der Waals surface area contributed by atoms with Crippen LogP contribution in [0.3, 0.4) is 0 Å². The van der Waals surface area contributed by atoms with Crippen LogP contribution in [0.2, 0.25) is 5.02 Å². The number of thiophene rings is 1. The van der Waals surface area contributed by atoms with E-state index in [2.05, 4.69) is 11.4 Å². The van der Waals surface area contributed by atoms with Gasteiger partial charge in [-0.05, 0) is 60.9 Å². The predicted octanol–water partition coefficient (Wildman–Crippen LogP) is 4.21. The Bertz CT molecular complexity index is 986. The zero-order valence-corrected chi connectivity index (χ0v) is 19.7. The summed E-state index contributed by atoms with van der Waals surface area (Å²) >= 11 is 7.81. The van der Waals surface area contributed by atoms with E-state index >= 15 is 0 Å². The number of benzene rings is 1. The molecule has 1 aliphatic heterocycles. The van der Waals surface area contributed by atoms with Crippen molar-refractivity contribution in [3.63, 3.8) is 0 Å². The Kier molecular flexibility index (Phi) is 7.16. The standard InChI is InChI=1S/C24H27ClN2O4S/c1-2-31-23(30)10-9-21(28)27(18-7-8-18)15-22(29)26-13-11-20-19(12-14-32-20)24(26)16-3-5-17(25)6-4-16/h3-6,12,14,18,24H,2,7-11,13,15H2,1H3. The zero-order valence-electron chi connectivity index (χ0n) is 18.1. The van der Waals surface area contributed by atoms with Gasteiger partial charge < -0.3 is 14.5 Å². The van der Waals surface area contributed by atoms with E-state index in [1.807, 2.05) is 29.2 Å². The van der Waals surface area contributed by atoms with Crippen molar-refractivity contribution in [2.45, 2.75) is 51.1 Å². The van der Waals surface area contributed by atoms with E-state index < -0.39 is 0 Å². The van der Waals surface area contributed by atoms with Gasteiger partial charge in [-0.25, -0.2) is 0 Å². The number of rotatable bonds is 8. The molecule has 0 saturated heterocycles. The zero-order chi connectivity index (χ0) is 22.7. The lowest BCUT2D eigenvalue weighted by Gasteiger charge is -2.37. The van der Waals surface area contributed by atoms with Crippen molar-refractivity contribution in [3.8, 4) is 0 Å². The Hall–Kier alpha value is -2.38. The first-order valence-corrected chi connectivity index (χ1v) is 12.3. The summed E-state index contributed by atoms with van der Waals surface area (Å²) in [4.78, 5) is 42.8. The molecule has 0 bridgehead atoms. The number of amides is 2. The molecule has 0 N–H and O–H groups in total. The van der Waals surface area contributed by atoms with Crippen molar-refractivity contribution in [2.75, 3.05) is 19.7 Å². The molecule has 2 aromatic rings. The number of fused-ring (bicyclic) bond motifs is 1. The summed E-state index contributed by atoms with van der Waals surface area (Å²) in [5.41, 5.74) is 2.15. The summed E-state index contributed by atoms with van der Waals surface area (Å²) in [6.07, 6.45) is 2.71. The molecular formula is C24H27ClN2O4S. The summed E-state index contributed by atoms with van der Waals surface area (Å²) < 4.78 is 4.93. The average Bonchev–Trinajstić information content (AvgIpc) is 3.51. The number of nitrogens with zero attached hydrogens (tertiary/aromatic N) is 2. The highest BCUT2D eigenvalue weighted by atomic mass is 35.5. The minimum atomic E-state index is -0.383. The molecule has 1 saturated carbocycles. The lowest BCUT2D eigenvalue weighted by atomic mass is 9.93. The monoisotopic (exact) mass is 474 g/mol. The Balaban J connectivity index is 1.50. The number of esters is 1. The molecule has 0 spiro atoms. The molecule has 1 unspecified atom stereocenters. The van der Waals surface area contributed by atoms with Crippen LogP contribution in [0.5, 0.6) is 0 Å². The third-order valence-corrected chi connectivity index (χ3v) is 7.18. The van der Waals surface area contributed by atoms with Crippen molar-refractivity contribution in [1.82, 2.24) is 9.80 Å². The summed E-state index contributed by atoms with van der Waals surface area (Å²) in [7, 11) is 0. The molecule has 2 amide bonds. The van der Waals surface area contributed by atoms with Crippen molar-refractivity contribution in [2.24, 2.45) is 0 Å². The fraction of sp³-hybridized carbons (Fsp3) is 0.458. The molecule has 6 nitrogen and oxygen atoms in total. The molecule has 1 aromatic carbocycles. The molecule has 0 radical (unpaired) electrons. The van der Waals surface area contributed by atoms with Gasteiger partial charge in [0.1, 0.15) is 6.54 Å². The maximum absolute atomic E-state index is 13.5. The molecular weight excluding hydrogens is 448 g/mol. The van der Waals surface area contributed by atoms with Crippen LogP contribution >= 0.6 is 22.9 Å². The van der Waals surface area contributed by atoms with Crippen LogP contribution in [0.4, 0.5) is 0 Å². The van der Waals surface area contributed by atoms with Crippen molar-refractivity contribution in [1.29, 1.82) is 0 Å². The molecule has 2 heterocycles. The SMILES string of the molecule is CCOC(=O)CCC(=O)N(CC(=O)N1CCc2sccc2C1c1ccc(Cl)cc1)C1CC1. The fourth-order valence-corrected chi connectivity index (χ4v) is 5.25. The van der Waals surface area contributed by atoms with Gasteiger partial charge >= 0.3 is 5.97 Å². The highest BCUT2D eigenvalue weighted by Crippen LogP contribution is 2.38. The molecule has 1 aliphatic carbocycles. The number of carbonyl (C=O) groups excluding carboxylic acids is 3. The first-order valence-electron chi connectivity index (χ1n) is 11.0. The Morgan fingerprint density at radius 2 is 1.91 bits per heavy atom. The quantitative estimate of drug-likeness (QED) is 0.537. The Labute approximate surface area is 197 Å². The van der Waals surface area contributed by atoms with E-state index in [0.717, 1.165) is 30.4 Å². The van der Waals surface area contributed by atoms with Gasteiger partial charge in [0.2, 0.25) is 11.8 Å². The number of carbonyl (C=O) groups is 3. The van der Waals surface area contributed by atoms with Gasteiger partial charge in [-0.2, -0.15) is 0 Å². The van der Waals surface area contributed by atoms with Crippen LogP contribution in [0, 0.1) is 0 Å². The highest BCUT2D eigenvalue weighted by molar-refractivity contribution is 7.10. The minimum Gasteiger partial charge on any atom is -0.466 e. The third-order valence-electron chi connectivity index (χ3n) is 5.93. The second-order valence-electron chi connectivity index (χ2n) is 8.15. The van der Waals surface area contributed by atoms with E-state index in [1.165, 1.54) is 4.88 Å². The number of halogens is 1. The van der Waals surface area contributed by atoms with E-state index in [1.54, 1.807) is 23.2 Å². The van der Waals surface area contributed by atoms with Gasteiger partial charge in [-0.3, -0.25) is 14.4 Å². The van der Waals surface area contributed by atoms with Gasteiger partial charge in [-0.1, -0.05) is 23.7 Å². The van der Waals surface area contributed by atoms with Crippen molar-refractivity contribution < 1.29 is 19.1 Å². The lowest BCUT2D eigenvalue weighted by Crippen LogP contribution is -2.47. The average molecular weight is 475 g/mol. The summed E-state index contributed by atoms with van der Waals surface area (Å²) in [6.45, 7) is 2.68. The largest absolute Gasteiger partial charge is 0.466 e. The molecule has 1 aromatic heterocycles. The van der Waals surface area contributed by atoms with Gasteiger partial charge in [0.25, 0.3) is 0 Å². The minimum absolute atomic E-state index is 0.0376. The summed E-state index contributed by atoms with van der Waals surface area (Å²) in [5.74, 6) is -0.616. The van der Waals surface area contributed by atoms with E-state index in [-0.39, 0.29) is 49.3 Å². The third kappa shape index (κ3) is 5.15. The van der Waals surface area contributed by atoms with Crippen LogP contribution in [0.1, 0.15) is 54.7 Å². The second kappa shape index (κ2) is 10.0. The van der Waals surface area contributed by atoms with Crippen LogP contribution < -0.4 is 0 Å². The molecule has 4 rings (SSSR count). The lowest BCUT2D eigenvalue weighted by molar-refractivity contribution is -0.147. The predicted molar refractivity (Wildman–Crippen MR) is 124 cm³/mol. The van der Waals surface area contributed by atoms with Gasteiger partial charge in [-0.15, -0.1) is 11.3 Å². The van der Waals surface area contributed by atoms with E-state index in [0.29, 0.717) is 18.2 Å². The molecule has 170 valence electrons. The van der Waals surface area contributed by atoms with Crippen molar-refractivity contribution in [3.05, 3.63) is 56.7 Å². The molecule has 2 aliphatic rings. The van der Waals surface area contributed by atoms with Crippen LogP contribution in [0.15, 0.2) is 35.7 Å². The maximum Gasteiger partial charge on any atom is 0.306 e. The summed E-state index contributed by atoms with van der Waals surface area (Å²) in [5, 5.41) is 2.72. The molecule has 32 heavy (non-hydrogen) atoms. The Morgan fingerprint density at radius 3 is 2.59 bits per heavy atom. The highest BCUT2D eigenvalue weighted by Gasteiger charge is 2.38. The number of hydrogen-bond acceptors (Lipinski definition) is 5. The topological polar surface area (TPSA) is 66.9 Å². The smallest absolute Gasteiger partial charge is 0.306 e. The molecule has 1 fully saturated rings. The maximum atomic E-state index is 13.5. The second-order valence-corrected chi connectivity index (χ2v) is 9.59. The number of ether oxygens (including phenoxy) is 1.